The molecule has 0 fully saturated rings. The predicted octanol–water partition coefficient (Wildman–Crippen LogP) is 3.36. The predicted molar refractivity (Wildman–Crippen MR) is 107 cm³/mol. The number of aromatic nitrogens is 2. The van der Waals surface area contributed by atoms with E-state index in [2.05, 4.69) is 10.3 Å². The summed E-state index contributed by atoms with van der Waals surface area (Å²) in [5, 5.41) is 3.24. The van der Waals surface area contributed by atoms with Gasteiger partial charge in [-0.05, 0) is 43.7 Å². The Morgan fingerprint density at radius 2 is 1.80 bits per heavy atom. The number of hydrogen-bond acceptors (Lipinski definition) is 4. The maximum atomic E-state index is 14.2. The number of rotatable bonds is 4. The van der Waals surface area contributed by atoms with E-state index < -0.39 is 28.7 Å². The monoisotopic (exact) mass is 412 g/mol. The van der Waals surface area contributed by atoms with Crippen LogP contribution in [-0.4, -0.2) is 21.4 Å². The van der Waals surface area contributed by atoms with Crippen LogP contribution in [-0.2, 0) is 12.1 Å². The van der Waals surface area contributed by atoms with E-state index in [1.807, 2.05) is 6.92 Å². The largest absolute Gasteiger partial charge is 0.364 e. The van der Waals surface area contributed by atoms with Gasteiger partial charge in [0.05, 0.1) is 6.04 Å². The van der Waals surface area contributed by atoms with Gasteiger partial charge in [0.1, 0.15) is 17.2 Å². The number of nitrogens with one attached hydrogen (secondary N) is 1. The molecule has 5 nitrogen and oxygen atoms in total. The smallest absolute Gasteiger partial charge is 0.286 e. The minimum atomic E-state index is -1.05. The van der Waals surface area contributed by atoms with Gasteiger partial charge in [0, 0.05) is 30.1 Å². The summed E-state index contributed by atoms with van der Waals surface area (Å²) in [4.78, 5) is 20.5. The number of nitrogens with zero attached hydrogens (tertiary/aromatic N) is 3. The maximum Gasteiger partial charge on any atom is 0.286 e. The first-order valence-electron chi connectivity index (χ1n) is 9.50. The van der Waals surface area contributed by atoms with Crippen molar-refractivity contribution in [2.45, 2.75) is 32.0 Å². The topological polar surface area (TPSA) is 59.3 Å². The van der Waals surface area contributed by atoms with E-state index in [0.717, 1.165) is 6.07 Å². The zero-order valence-electron chi connectivity index (χ0n) is 16.4. The molecule has 1 aromatic carbocycles. The standard InChI is InChI=1S/C22H19F3N4O/c1-3-29-12-14(10-18(24)21(29)30)20-27-13(2)22(28-20,15-4-7-17(23)8-5-15)16-6-9-19(25)26-11-16/h4-13H,3H2,1-2H3,(H,27,28)/t13-,22-/m0/s1. The fourth-order valence-corrected chi connectivity index (χ4v) is 3.83. The SMILES string of the molecule is CCn1cc(C2=N[C@@](c3ccc(F)cc3)(c3ccc(F)nc3)[C@H](C)N2)cc(F)c1=O. The molecule has 2 aromatic heterocycles. The Labute approximate surface area is 170 Å². The third kappa shape index (κ3) is 3.18. The highest BCUT2D eigenvalue weighted by Gasteiger charge is 2.45. The minimum absolute atomic E-state index is 0.303. The molecule has 0 unspecified atom stereocenters. The van der Waals surface area contributed by atoms with Crippen LogP contribution in [0.15, 0.2) is 64.6 Å². The summed E-state index contributed by atoms with van der Waals surface area (Å²) in [7, 11) is 0. The fourth-order valence-electron chi connectivity index (χ4n) is 3.83. The molecule has 8 heteroatoms. The van der Waals surface area contributed by atoms with Gasteiger partial charge in [-0.1, -0.05) is 18.2 Å². The molecule has 0 radical (unpaired) electrons. The van der Waals surface area contributed by atoms with Crippen molar-refractivity contribution in [2.24, 2.45) is 4.99 Å². The van der Waals surface area contributed by atoms with Crippen molar-refractivity contribution in [1.82, 2.24) is 14.9 Å². The second-order valence-corrected chi connectivity index (χ2v) is 7.14. The van der Waals surface area contributed by atoms with Crippen molar-refractivity contribution in [3.05, 3.63) is 99.5 Å². The summed E-state index contributed by atoms with van der Waals surface area (Å²) in [6.45, 7) is 3.91. The molecule has 0 spiro atoms. The number of pyridine rings is 2. The van der Waals surface area contributed by atoms with Crippen LogP contribution in [0.2, 0.25) is 0 Å². The van der Waals surface area contributed by atoms with Gasteiger partial charge in [0.25, 0.3) is 5.56 Å². The molecule has 154 valence electrons. The van der Waals surface area contributed by atoms with Gasteiger partial charge in [0.2, 0.25) is 5.95 Å². The second kappa shape index (κ2) is 7.44. The van der Waals surface area contributed by atoms with Crippen LogP contribution in [0.3, 0.4) is 0 Å². The van der Waals surface area contributed by atoms with Crippen molar-refractivity contribution in [3.63, 3.8) is 0 Å². The van der Waals surface area contributed by atoms with Gasteiger partial charge in [-0.15, -0.1) is 0 Å². The molecule has 30 heavy (non-hydrogen) atoms. The third-order valence-electron chi connectivity index (χ3n) is 5.38. The fraction of sp³-hybridized carbons (Fsp3) is 0.227. The summed E-state index contributed by atoms with van der Waals surface area (Å²) in [6.07, 6.45) is 2.92. The maximum absolute atomic E-state index is 14.2. The van der Waals surface area contributed by atoms with Gasteiger partial charge < -0.3 is 9.88 Å². The van der Waals surface area contributed by atoms with Crippen LogP contribution in [0.5, 0.6) is 0 Å². The third-order valence-corrected chi connectivity index (χ3v) is 5.38. The molecule has 2 atom stereocenters. The van der Waals surface area contributed by atoms with Crippen molar-refractivity contribution in [1.29, 1.82) is 0 Å². The molecular formula is C22H19F3N4O. The van der Waals surface area contributed by atoms with Crippen LogP contribution >= 0.6 is 0 Å². The molecule has 0 saturated heterocycles. The highest BCUT2D eigenvalue weighted by Crippen LogP contribution is 2.40. The summed E-state index contributed by atoms with van der Waals surface area (Å²) in [5.41, 5.74) is -0.0976. The highest BCUT2D eigenvalue weighted by molar-refractivity contribution is 6.01. The summed E-state index contributed by atoms with van der Waals surface area (Å²) in [5.74, 6) is -1.54. The molecule has 3 heterocycles. The Kier molecular flexibility index (Phi) is 4.93. The molecule has 0 aliphatic carbocycles. The van der Waals surface area contributed by atoms with Gasteiger partial charge in [0.15, 0.2) is 5.82 Å². The van der Waals surface area contributed by atoms with Crippen molar-refractivity contribution in [2.75, 3.05) is 0 Å². The van der Waals surface area contributed by atoms with Gasteiger partial charge in [-0.2, -0.15) is 4.39 Å². The van der Waals surface area contributed by atoms with E-state index in [0.29, 0.717) is 29.1 Å². The first kappa shape index (κ1) is 19.9. The molecule has 0 amide bonds. The van der Waals surface area contributed by atoms with Crippen LogP contribution in [0.4, 0.5) is 13.2 Å². The van der Waals surface area contributed by atoms with Gasteiger partial charge in [-0.3, -0.25) is 4.79 Å². The summed E-state index contributed by atoms with van der Waals surface area (Å²) >= 11 is 0. The Morgan fingerprint density at radius 1 is 1.10 bits per heavy atom. The molecule has 1 aliphatic rings. The first-order chi connectivity index (χ1) is 14.3. The van der Waals surface area contributed by atoms with Crippen LogP contribution in [0.1, 0.15) is 30.5 Å². The Morgan fingerprint density at radius 3 is 2.43 bits per heavy atom. The van der Waals surface area contributed by atoms with Crippen molar-refractivity contribution < 1.29 is 13.2 Å². The normalized spacial score (nSPS) is 20.7. The molecule has 3 aromatic rings. The molecule has 1 N–H and O–H groups in total. The average molecular weight is 412 g/mol. The Bertz CT molecular complexity index is 1120. The van der Waals surface area contributed by atoms with E-state index in [9.17, 15) is 18.0 Å². The molecular weight excluding hydrogens is 393 g/mol. The van der Waals surface area contributed by atoms with E-state index in [1.54, 1.807) is 25.1 Å². The number of benzene rings is 1. The Balaban J connectivity index is 1.93. The number of aliphatic imine (C=N–C) groups is 1. The lowest BCUT2D eigenvalue weighted by Gasteiger charge is -2.31. The van der Waals surface area contributed by atoms with E-state index in [4.69, 9.17) is 4.99 Å². The summed E-state index contributed by atoms with van der Waals surface area (Å²) < 4.78 is 42.5. The zero-order chi connectivity index (χ0) is 21.5. The van der Waals surface area contributed by atoms with Crippen molar-refractivity contribution >= 4 is 5.84 Å². The van der Waals surface area contributed by atoms with Crippen LogP contribution in [0.25, 0.3) is 0 Å². The minimum Gasteiger partial charge on any atom is -0.364 e. The lowest BCUT2D eigenvalue weighted by molar-refractivity contribution is 0.449. The van der Waals surface area contributed by atoms with Crippen LogP contribution in [0, 0.1) is 17.6 Å². The lowest BCUT2D eigenvalue weighted by Crippen LogP contribution is -2.41. The van der Waals surface area contributed by atoms with E-state index >= 15 is 0 Å². The van der Waals surface area contributed by atoms with E-state index in [-0.39, 0.29) is 6.04 Å². The van der Waals surface area contributed by atoms with Gasteiger partial charge >= 0.3 is 0 Å². The molecule has 1 aliphatic heterocycles. The second-order valence-electron chi connectivity index (χ2n) is 7.14. The van der Waals surface area contributed by atoms with Gasteiger partial charge in [-0.25, -0.2) is 18.8 Å². The van der Waals surface area contributed by atoms with E-state index in [1.165, 1.54) is 35.2 Å². The lowest BCUT2D eigenvalue weighted by atomic mass is 9.79. The molecule has 0 saturated carbocycles. The number of halogens is 3. The molecule has 4 rings (SSSR count). The quantitative estimate of drug-likeness (QED) is 0.669. The van der Waals surface area contributed by atoms with Crippen LogP contribution < -0.4 is 10.9 Å². The molecule has 0 bridgehead atoms. The number of aryl methyl sites for hydroxylation is 1. The highest BCUT2D eigenvalue weighted by atomic mass is 19.1. The Hall–Kier alpha value is -3.42. The van der Waals surface area contributed by atoms with Crippen molar-refractivity contribution in [3.8, 4) is 0 Å². The average Bonchev–Trinajstić information content (AvgIpc) is 3.09. The zero-order valence-corrected chi connectivity index (χ0v) is 16.4. The first-order valence-corrected chi connectivity index (χ1v) is 9.50. The number of amidine groups is 1. The summed E-state index contributed by atoms with van der Waals surface area (Å²) in [6, 6.07) is 9.46. The number of hydrogen-bond donors (Lipinski definition) is 1.